The normalized spacial score (nSPS) is 11.4. The molecular weight excluding hydrogens is 366 g/mol. The van der Waals surface area contributed by atoms with E-state index < -0.39 is 0 Å². The fourth-order valence-electron chi connectivity index (χ4n) is 2.10. The highest BCUT2D eigenvalue weighted by atomic mass is 79.9. The first kappa shape index (κ1) is 14.9. The number of fused-ring (bicyclic) bond motifs is 1. The summed E-state index contributed by atoms with van der Waals surface area (Å²) in [6.07, 6.45) is 1.56. The number of benzene rings is 2. The lowest BCUT2D eigenvalue weighted by Crippen LogP contribution is -2.20. The van der Waals surface area contributed by atoms with Gasteiger partial charge in [-0.3, -0.25) is 4.79 Å². The zero-order valence-electron chi connectivity index (χ0n) is 11.6. The van der Waals surface area contributed by atoms with Gasteiger partial charge in [-0.2, -0.15) is 9.78 Å². The van der Waals surface area contributed by atoms with Gasteiger partial charge in [0.05, 0.1) is 17.1 Å². The molecule has 0 N–H and O–H groups in total. The lowest BCUT2D eigenvalue weighted by molar-refractivity contribution is 0.771. The van der Waals surface area contributed by atoms with Gasteiger partial charge in [0, 0.05) is 15.1 Å². The van der Waals surface area contributed by atoms with Gasteiger partial charge in [-0.25, -0.2) is 4.98 Å². The van der Waals surface area contributed by atoms with E-state index in [0.717, 1.165) is 10.0 Å². The first-order valence-corrected chi connectivity index (χ1v) is 7.71. The summed E-state index contributed by atoms with van der Waals surface area (Å²) < 4.78 is 2.10. The summed E-state index contributed by atoms with van der Waals surface area (Å²) >= 11 is 9.45. The number of hydrogen-bond acceptors (Lipinski definition) is 3. The third kappa shape index (κ3) is 2.82. The molecule has 0 atom stereocenters. The number of hydrogen-bond donors (Lipinski definition) is 0. The molecule has 1 heterocycles. The van der Waals surface area contributed by atoms with Crippen molar-refractivity contribution in [2.45, 2.75) is 6.92 Å². The lowest BCUT2D eigenvalue weighted by Gasteiger charge is -2.06. The predicted molar refractivity (Wildman–Crippen MR) is 92.9 cm³/mol. The highest BCUT2D eigenvalue weighted by Crippen LogP contribution is 2.16. The Balaban J connectivity index is 2.15. The van der Waals surface area contributed by atoms with Crippen LogP contribution in [0.2, 0.25) is 5.02 Å². The zero-order chi connectivity index (χ0) is 15.7. The van der Waals surface area contributed by atoms with Crippen molar-refractivity contribution in [2.75, 3.05) is 0 Å². The molecule has 0 saturated heterocycles. The third-order valence-corrected chi connectivity index (χ3v) is 4.03. The molecule has 2 aromatic carbocycles. The van der Waals surface area contributed by atoms with Gasteiger partial charge in [0.1, 0.15) is 5.82 Å². The van der Waals surface area contributed by atoms with E-state index in [1.165, 1.54) is 4.68 Å². The van der Waals surface area contributed by atoms with E-state index >= 15 is 0 Å². The van der Waals surface area contributed by atoms with E-state index in [1.54, 1.807) is 31.3 Å². The average molecular weight is 377 g/mol. The highest BCUT2D eigenvalue weighted by molar-refractivity contribution is 9.10. The van der Waals surface area contributed by atoms with E-state index in [-0.39, 0.29) is 5.56 Å². The maximum absolute atomic E-state index is 12.6. The highest BCUT2D eigenvalue weighted by Gasteiger charge is 2.07. The van der Waals surface area contributed by atoms with Crippen LogP contribution in [0, 0.1) is 6.92 Å². The fourth-order valence-corrected chi connectivity index (χ4v) is 2.64. The van der Waals surface area contributed by atoms with E-state index in [2.05, 4.69) is 26.0 Å². The number of rotatable bonds is 2. The number of aryl methyl sites for hydroxylation is 1. The molecule has 0 aliphatic rings. The molecule has 1 aromatic heterocycles. The minimum atomic E-state index is -0.216. The molecule has 0 saturated carbocycles. The molecule has 0 aliphatic heterocycles. The lowest BCUT2D eigenvalue weighted by atomic mass is 10.2. The molecular formula is C16H11BrClN3O. The van der Waals surface area contributed by atoms with Crippen molar-refractivity contribution >= 4 is 44.6 Å². The summed E-state index contributed by atoms with van der Waals surface area (Å²) in [5.74, 6) is 0.517. The number of aromatic nitrogens is 2. The second-order valence-electron chi connectivity index (χ2n) is 4.70. The van der Waals surface area contributed by atoms with Crippen LogP contribution in [0.25, 0.3) is 10.9 Å². The van der Waals surface area contributed by atoms with Crippen LogP contribution in [-0.4, -0.2) is 15.9 Å². The van der Waals surface area contributed by atoms with E-state index in [9.17, 15) is 4.79 Å². The van der Waals surface area contributed by atoms with Gasteiger partial charge in [-0.15, -0.1) is 0 Å². The first-order chi connectivity index (χ1) is 10.6. The van der Waals surface area contributed by atoms with Gasteiger partial charge in [0.15, 0.2) is 0 Å². The van der Waals surface area contributed by atoms with E-state index in [0.29, 0.717) is 21.7 Å². The molecule has 0 spiro atoms. The molecule has 4 nitrogen and oxygen atoms in total. The van der Waals surface area contributed by atoms with Crippen LogP contribution in [0.5, 0.6) is 0 Å². The Morgan fingerprint density at radius 3 is 2.82 bits per heavy atom. The molecule has 0 aliphatic carbocycles. The average Bonchev–Trinajstić information content (AvgIpc) is 2.50. The Kier molecular flexibility index (Phi) is 4.09. The van der Waals surface area contributed by atoms with Crippen LogP contribution in [0.1, 0.15) is 11.4 Å². The molecule has 0 amide bonds. The molecule has 110 valence electrons. The monoisotopic (exact) mass is 375 g/mol. The van der Waals surface area contributed by atoms with Crippen molar-refractivity contribution in [2.24, 2.45) is 5.10 Å². The van der Waals surface area contributed by atoms with E-state index in [4.69, 9.17) is 11.6 Å². The topological polar surface area (TPSA) is 47.2 Å². The molecule has 0 bridgehead atoms. The van der Waals surface area contributed by atoms with Crippen LogP contribution < -0.4 is 5.56 Å². The zero-order valence-corrected chi connectivity index (χ0v) is 14.0. The Labute approximate surface area is 140 Å². The molecule has 0 unspecified atom stereocenters. The van der Waals surface area contributed by atoms with Crippen molar-refractivity contribution in [3.8, 4) is 0 Å². The molecule has 3 aromatic rings. The van der Waals surface area contributed by atoms with Crippen LogP contribution in [0.3, 0.4) is 0 Å². The quantitative estimate of drug-likeness (QED) is 0.635. The molecule has 6 heteroatoms. The van der Waals surface area contributed by atoms with E-state index in [1.807, 2.05) is 24.3 Å². The summed E-state index contributed by atoms with van der Waals surface area (Å²) in [6.45, 7) is 1.74. The smallest absolute Gasteiger partial charge is 0.267 e. The van der Waals surface area contributed by atoms with Crippen molar-refractivity contribution in [3.63, 3.8) is 0 Å². The Hall–Kier alpha value is -1.98. The summed E-state index contributed by atoms with van der Waals surface area (Å²) in [5, 5.41) is 5.32. The van der Waals surface area contributed by atoms with Gasteiger partial charge < -0.3 is 0 Å². The van der Waals surface area contributed by atoms with Gasteiger partial charge in [0.25, 0.3) is 5.56 Å². The summed E-state index contributed by atoms with van der Waals surface area (Å²) in [7, 11) is 0. The van der Waals surface area contributed by atoms with Gasteiger partial charge in [-0.05, 0) is 31.2 Å². The van der Waals surface area contributed by atoms with Crippen molar-refractivity contribution in [3.05, 3.63) is 73.7 Å². The Morgan fingerprint density at radius 1 is 1.27 bits per heavy atom. The molecule has 0 fully saturated rings. The molecule has 22 heavy (non-hydrogen) atoms. The summed E-state index contributed by atoms with van der Waals surface area (Å²) in [5.41, 5.74) is 1.17. The SMILES string of the molecule is Cc1nc2ccc(Br)cc2c(=O)n1N=Cc1ccccc1Cl. The second-order valence-corrected chi connectivity index (χ2v) is 6.03. The Morgan fingerprint density at radius 2 is 2.05 bits per heavy atom. The summed E-state index contributed by atoms with van der Waals surface area (Å²) in [4.78, 5) is 17.0. The first-order valence-electron chi connectivity index (χ1n) is 6.54. The largest absolute Gasteiger partial charge is 0.282 e. The van der Waals surface area contributed by atoms with Crippen LogP contribution in [0.4, 0.5) is 0 Å². The minimum absolute atomic E-state index is 0.216. The fraction of sp³-hybridized carbons (Fsp3) is 0.0625. The predicted octanol–water partition coefficient (Wildman–Crippen LogP) is 4.00. The van der Waals surface area contributed by atoms with Crippen molar-refractivity contribution in [1.29, 1.82) is 0 Å². The third-order valence-electron chi connectivity index (χ3n) is 3.19. The Bertz CT molecular complexity index is 950. The molecule has 3 rings (SSSR count). The number of nitrogens with zero attached hydrogens (tertiary/aromatic N) is 3. The molecule has 0 radical (unpaired) electrons. The minimum Gasteiger partial charge on any atom is -0.267 e. The van der Waals surface area contributed by atoms with Crippen LogP contribution >= 0.6 is 27.5 Å². The van der Waals surface area contributed by atoms with Crippen LogP contribution in [0.15, 0.2) is 56.8 Å². The standard InChI is InChI=1S/C16H11BrClN3O/c1-10-20-15-7-6-12(17)8-13(15)16(22)21(10)19-9-11-4-2-3-5-14(11)18/h2-9H,1H3. The van der Waals surface area contributed by atoms with Gasteiger partial charge >= 0.3 is 0 Å². The maximum Gasteiger partial charge on any atom is 0.282 e. The van der Waals surface area contributed by atoms with Gasteiger partial charge in [0.2, 0.25) is 0 Å². The van der Waals surface area contributed by atoms with Crippen LogP contribution in [-0.2, 0) is 0 Å². The van der Waals surface area contributed by atoms with Gasteiger partial charge in [-0.1, -0.05) is 45.7 Å². The maximum atomic E-state index is 12.6. The number of halogens is 2. The van der Waals surface area contributed by atoms with Crippen molar-refractivity contribution < 1.29 is 0 Å². The van der Waals surface area contributed by atoms with Crippen molar-refractivity contribution in [1.82, 2.24) is 9.66 Å². The summed E-state index contributed by atoms with van der Waals surface area (Å²) in [6, 6.07) is 12.7. The second kappa shape index (κ2) is 6.02.